The Morgan fingerprint density at radius 2 is 1.95 bits per heavy atom. The highest BCUT2D eigenvalue weighted by atomic mass is 35.5. The molecule has 0 radical (unpaired) electrons. The minimum atomic E-state index is -3.72. The lowest BCUT2D eigenvalue weighted by Crippen LogP contribution is -2.26. The number of halogens is 2. The van der Waals surface area contributed by atoms with Crippen molar-refractivity contribution < 1.29 is 12.8 Å². The lowest BCUT2D eigenvalue weighted by molar-refractivity contribution is 0.465. The van der Waals surface area contributed by atoms with E-state index in [1.807, 2.05) is 0 Å². The van der Waals surface area contributed by atoms with Gasteiger partial charge in [0, 0.05) is 13.6 Å². The van der Waals surface area contributed by atoms with Crippen molar-refractivity contribution >= 4 is 27.3 Å². The number of hydrogen-bond acceptors (Lipinski definition) is 3. The van der Waals surface area contributed by atoms with E-state index in [0.29, 0.717) is 11.3 Å². The molecule has 0 amide bonds. The molecule has 2 aromatic carbocycles. The first-order valence-electron chi connectivity index (χ1n) is 6.06. The molecular formula is C14H14ClFN2O2S. The summed E-state index contributed by atoms with van der Waals surface area (Å²) in [5.41, 5.74) is 6.43. The smallest absolute Gasteiger partial charge is 0.243 e. The summed E-state index contributed by atoms with van der Waals surface area (Å²) in [5.74, 6) is -0.408. The lowest BCUT2D eigenvalue weighted by atomic mass is 10.2. The van der Waals surface area contributed by atoms with Crippen LogP contribution in [0.1, 0.15) is 5.56 Å². The number of benzene rings is 2. The molecule has 7 heteroatoms. The van der Waals surface area contributed by atoms with Gasteiger partial charge in [-0.25, -0.2) is 12.8 Å². The summed E-state index contributed by atoms with van der Waals surface area (Å²) in [6, 6.07) is 9.91. The van der Waals surface area contributed by atoms with Crippen molar-refractivity contribution in [2.45, 2.75) is 11.4 Å². The van der Waals surface area contributed by atoms with Crippen LogP contribution in [-0.2, 0) is 16.6 Å². The fraction of sp³-hybridized carbons (Fsp3) is 0.143. The molecule has 4 nitrogen and oxygen atoms in total. The predicted octanol–water partition coefficient (Wildman–Crippen LogP) is 2.88. The predicted molar refractivity (Wildman–Crippen MR) is 80.9 cm³/mol. The fourth-order valence-electron chi connectivity index (χ4n) is 1.83. The number of nitrogen functional groups attached to an aromatic ring is 1. The molecule has 0 atom stereocenters. The van der Waals surface area contributed by atoms with Crippen LogP contribution in [-0.4, -0.2) is 19.8 Å². The van der Waals surface area contributed by atoms with Crippen molar-refractivity contribution in [1.29, 1.82) is 0 Å². The van der Waals surface area contributed by atoms with Crippen molar-refractivity contribution in [1.82, 2.24) is 4.31 Å². The highest BCUT2D eigenvalue weighted by molar-refractivity contribution is 7.89. The molecule has 2 aromatic rings. The number of nitrogens with two attached hydrogens (primary N) is 1. The summed E-state index contributed by atoms with van der Waals surface area (Å²) in [6.45, 7) is 0.0576. The quantitative estimate of drug-likeness (QED) is 0.878. The van der Waals surface area contributed by atoms with Crippen molar-refractivity contribution in [3.63, 3.8) is 0 Å². The normalized spacial score (nSPS) is 11.8. The van der Waals surface area contributed by atoms with Gasteiger partial charge in [-0.3, -0.25) is 0 Å². The van der Waals surface area contributed by atoms with Crippen LogP contribution < -0.4 is 5.73 Å². The summed E-state index contributed by atoms with van der Waals surface area (Å²) < 4.78 is 39.1. The van der Waals surface area contributed by atoms with Crippen LogP contribution >= 0.6 is 11.6 Å². The minimum absolute atomic E-state index is 0.0422. The van der Waals surface area contributed by atoms with Crippen LogP contribution in [0.2, 0.25) is 5.02 Å². The molecule has 0 aliphatic heterocycles. The summed E-state index contributed by atoms with van der Waals surface area (Å²) in [5, 5.41) is 0.176. The van der Waals surface area contributed by atoms with Gasteiger partial charge < -0.3 is 5.73 Å². The third-order valence-corrected chi connectivity index (χ3v) is 5.10. The molecule has 0 saturated heterocycles. The van der Waals surface area contributed by atoms with Gasteiger partial charge >= 0.3 is 0 Å². The lowest BCUT2D eigenvalue weighted by Gasteiger charge is -2.17. The Bertz CT molecular complexity index is 765. The topological polar surface area (TPSA) is 63.4 Å². The molecule has 0 fully saturated rings. The second kappa shape index (κ2) is 6.01. The summed E-state index contributed by atoms with van der Waals surface area (Å²) in [4.78, 5) is 0.0422. The highest BCUT2D eigenvalue weighted by Gasteiger charge is 2.21. The Morgan fingerprint density at radius 3 is 2.57 bits per heavy atom. The molecule has 112 valence electrons. The van der Waals surface area contributed by atoms with E-state index in [9.17, 15) is 12.8 Å². The van der Waals surface area contributed by atoms with Crippen molar-refractivity contribution in [3.05, 3.63) is 58.9 Å². The van der Waals surface area contributed by atoms with Crippen LogP contribution in [0.4, 0.5) is 10.1 Å². The molecule has 0 aliphatic rings. The molecule has 0 saturated carbocycles. The first kappa shape index (κ1) is 15.8. The zero-order chi connectivity index (χ0) is 15.6. The molecule has 0 unspecified atom stereocenters. The second-order valence-electron chi connectivity index (χ2n) is 4.57. The minimum Gasteiger partial charge on any atom is -0.398 e. The van der Waals surface area contributed by atoms with Crippen molar-refractivity contribution in [2.75, 3.05) is 12.8 Å². The molecule has 21 heavy (non-hydrogen) atoms. The van der Waals surface area contributed by atoms with Gasteiger partial charge in [0.2, 0.25) is 10.0 Å². The molecule has 0 aliphatic carbocycles. The molecule has 0 spiro atoms. The maximum atomic E-state index is 13.1. The number of hydrogen-bond donors (Lipinski definition) is 1. The Balaban J connectivity index is 2.28. The zero-order valence-corrected chi connectivity index (χ0v) is 12.8. The number of rotatable bonds is 4. The SMILES string of the molecule is CN(Cc1cccc(F)c1)S(=O)(=O)c1ccc(N)c(Cl)c1. The van der Waals surface area contributed by atoms with Gasteiger partial charge in [-0.1, -0.05) is 23.7 Å². The van der Waals surface area contributed by atoms with E-state index in [1.165, 1.54) is 43.4 Å². The van der Waals surface area contributed by atoms with E-state index < -0.39 is 15.8 Å². The standard InChI is InChI=1S/C14H14ClFN2O2S/c1-18(9-10-3-2-4-11(16)7-10)21(19,20)12-5-6-14(17)13(15)8-12/h2-8H,9,17H2,1H3. The van der Waals surface area contributed by atoms with Crippen LogP contribution in [0.25, 0.3) is 0 Å². The average molecular weight is 329 g/mol. The monoisotopic (exact) mass is 328 g/mol. The second-order valence-corrected chi connectivity index (χ2v) is 7.03. The van der Waals surface area contributed by atoms with E-state index in [-0.39, 0.29) is 16.5 Å². The summed E-state index contributed by atoms with van der Waals surface area (Å²) in [7, 11) is -2.30. The van der Waals surface area contributed by atoms with Crippen LogP contribution in [0.5, 0.6) is 0 Å². The van der Waals surface area contributed by atoms with E-state index in [1.54, 1.807) is 6.07 Å². The third-order valence-electron chi connectivity index (χ3n) is 2.97. The number of sulfonamides is 1. The van der Waals surface area contributed by atoms with E-state index in [4.69, 9.17) is 17.3 Å². The van der Waals surface area contributed by atoms with Gasteiger partial charge in [-0.05, 0) is 35.9 Å². The van der Waals surface area contributed by atoms with Gasteiger partial charge in [0.05, 0.1) is 15.6 Å². The molecule has 0 heterocycles. The van der Waals surface area contributed by atoms with Gasteiger partial charge in [0.15, 0.2) is 0 Å². The number of anilines is 1. The highest BCUT2D eigenvalue weighted by Crippen LogP contribution is 2.25. The van der Waals surface area contributed by atoms with E-state index in [0.717, 1.165) is 4.31 Å². The first-order chi connectivity index (χ1) is 9.80. The fourth-order valence-corrected chi connectivity index (χ4v) is 3.26. The van der Waals surface area contributed by atoms with Gasteiger partial charge in [-0.15, -0.1) is 0 Å². The van der Waals surface area contributed by atoms with Gasteiger partial charge in [0.1, 0.15) is 5.82 Å². The summed E-state index contributed by atoms with van der Waals surface area (Å²) in [6.07, 6.45) is 0. The Labute approximate surface area is 128 Å². The third kappa shape index (κ3) is 3.53. The summed E-state index contributed by atoms with van der Waals surface area (Å²) >= 11 is 5.85. The van der Waals surface area contributed by atoms with Crippen molar-refractivity contribution in [3.8, 4) is 0 Å². The van der Waals surface area contributed by atoms with Crippen molar-refractivity contribution in [2.24, 2.45) is 0 Å². The Hall–Kier alpha value is -1.63. The van der Waals surface area contributed by atoms with Gasteiger partial charge in [0.25, 0.3) is 0 Å². The molecular weight excluding hydrogens is 315 g/mol. The average Bonchev–Trinajstić information content (AvgIpc) is 2.41. The molecule has 0 bridgehead atoms. The Morgan fingerprint density at radius 1 is 1.24 bits per heavy atom. The molecule has 2 N–H and O–H groups in total. The molecule has 2 rings (SSSR count). The van der Waals surface area contributed by atoms with Gasteiger partial charge in [-0.2, -0.15) is 4.31 Å². The van der Waals surface area contributed by atoms with Crippen LogP contribution in [0.15, 0.2) is 47.4 Å². The molecule has 0 aromatic heterocycles. The number of nitrogens with zero attached hydrogens (tertiary/aromatic N) is 1. The largest absolute Gasteiger partial charge is 0.398 e. The zero-order valence-electron chi connectivity index (χ0n) is 11.3. The van der Waals surface area contributed by atoms with Crippen LogP contribution in [0, 0.1) is 5.82 Å². The Kier molecular flexibility index (Phi) is 4.51. The van der Waals surface area contributed by atoms with E-state index >= 15 is 0 Å². The maximum Gasteiger partial charge on any atom is 0.243 e. The van der Waals surface area contributed by atoms with E-state index in [2.05, 4.69) is 0 Å². The van der Waals surface area contributed by atoms with Crippen LogP contribution in [0.3, 0.4) is 0 Å². The first-order valence-corrected chi connectivity index (χ1v) is 7.88. The maximum absolute atomic E-state index is 13.1.